The lowest BCUT2D eigenvalue weighted by Gasteiger charge is -2.05. The zero-order chi connectivity index (χ0) is 16.5. The van der Waals surface area contributed by atoms with Crippen molar-refractivity contribution in [2.45, 2.75) is 78.1 Å². The van der Waals surface area contributed by atoms with Crippen molar-refractivity contribution in [3.05, 3.63) is 12.2 Å². The molecule has 128 valence electrons. The van der Waals surface area contributed by atoms with Crippen molar-refractivity contribution >= 4 is 11.9 Å². The third-order valence-electron chi connectivity index (χ3n) is 3.22. The lowest BCUT2D eigenvalue weighted by Crippen LogP contribution is -2.09. The molecule has 0 saturated carbocycles. The van der Waals surface area contributed by atoms with E-state index >= 15 is 0 Å². The maximum Gasteiger partial charge on any atom is 0.305 e. The lowest BCUT2D eigenvalue weighted by atomic mass is 10.2. The Labute approximate surface area is 135 Å². The molecule has 0 saturated heterocycles. The van der Waals surface area contributed by atoms with E-state index in [1.807, 2.05) is 12.2 Å². The number of carbonyl (C=O) groups excluding carboxylic acids is 2. The molecule has 0 heterocycles. The molecular formula is C18H32O4. The Kier molecular flexibility index (Phi) is 15.1. The van der Waals surface area contributed by atoms with Crippen molar-refractivity contribution in [3.8, 4) is 0 Å². The summed E-state index contributed by atoms with van der Waals surface area (Å²) in [7, 11) is 0. The van der Waals surface area contributed by atoms with E-state index in [0.29, 0.717) is 26.1 Å². The molecule has 0 aliphatic rings. The fourth-order valence-electron chi connectivity index (χ4n) is 1.94. The Morgan fingerprint density at radius 3 is 2.05 bits per heavy atom. The molecule has 4 nitrogen and oxygen atoms in total. The summed E-state index contributed by atoms with van der Waals surface area (Å²) in [4.78, 5) is 22.9. The Hall–Kier alpha value is -1.32. The number of esters is 2. The van der Waals surface area contributed by atoms with Gasteiger partial charge in [0.25, 0.3) is 0 Å². The number of hydrogen-bond acceptors (Lipinski definition) is 4. The molecule has 0 unspecified atom stereocenters. The monoisotopic (exact) mass is 312 g/mol. The molecule has 0 atom stereocenters. The zero-order valence-corrected chi connectivity index (χ0v) is 14.3. The zero-order valence-electron chi connectivity index (χ0n) is 14.3. The van der Waals surface area contributed by atoms with Crippen molar-refractivity contribution in [3.63, 3.8) is 0 Å². The molecule has 0 aliphatic carbocycles. The van der Waals surface area contributed by atoms with Crippen LogP contribution in [0.25, 0.3) is 0 Å². The number of carbonyl (C=O) groups is 2. The molecule has 0 aromatic rings. The Morgan fingerprint density at radius 1 is 0.773 bits per heavy atom. The van der Waals surface area contributed by atoms with Gasteiger partial charge in [-0.1, -0.05) is 51.7 Å². The molecular weight excluding hydrogens is 280 g/mol. The van der Waals surface area contributed by atoms with Crippen LogP contribution in [0.2, 0.25) is 0 Å². The Bertz CT molecular complexity index is 310. The topological polar surface area (TPSA) is 52.6 Å². The third kappa shape index (κ3) is 15.1. The van der Waals surface area contributed by atoms with Crippen molar-refractivity contribution in [2.75, 3.05) is 13.2 Å². The highest BCUT2D eigenvalue weighted by atomic mass is 16.5. The van der Waals surface area contributed by atoms with E-state index in [2.05, 4.69) is 13.8 Å². The van der Waals surface area contributed by atoms with Gasteiger partial charge < -0.3 is 9.47 Å². The summed E-state index contributed by atoms with van der Waals surface area (Å²) in [6, 6.07) is 0. The fourth-order valence-corrected chi connectivity index (χ4v) is 1.94. The maximum absolute atomic E-state index is 11.5. The average molecular weight is 312 g/mol. The minimum Gasteiger partial charge on any atom is -0.466 e. The number of allylic oxidation sites excluding steroid dienone is 1. The third-order valence-corrected chi connectivity index (χ3v) is 3.22. The van der Waals surface area contributed by atoms with E-state index in [1.165, 1.54) is 19.3 Å². The first-order valence-electron chi connectivity index (χ1n) is 8.66. The molecule has 0 fully saturated rings. The molecule has 0 rings (SSSR count). The van der Waals surface area contributed by atoms with Gasteiger partial charge in [-0.05, 0) is 25.7 Å². The van der Waals surface area contributed by atoms with Gasteiger partial charge >= 0.3 is 11.9 Å². The quantitative estimate of drug-likeness (QED) is 0.268. The molecule has 0 amide bonds. The van der Waals surface area contributed by atoms with Gasteiger partial charge in [-0.25, -0.2) is 0 Å². The van der Waals surface area contributed by atoms with Gasteiger partial charge in [0.15, 0.2) is 0 Å². The van der Waals surface area contributed by atoms with Crippen molar-refractivity contribution in [1.29, 1.82) is 0 Å². The molecule has 0 radical (unpaired) electrons. The number of hydrogen-bond donors (Lipinski definition) is 0. The van der Waals surface area contributed by atoms with Crippen LogP contribution in [0, 0.1) is 0 Å². The summed E-state index contributed by atoms with van der Waals surface area (Å²) in [5.41, 5.74) is 0. The maximum atomic E-state index is 11.5. The summed E-state index contributed by atoms with van der Waals surface area (Å²) in [6.07, 6.45) is 12.6. The first kappa shape index (κ1) is 20.7. The van der Waals surface area contributed by atoms with Crippen molar-refractivity contribution < 1.29 is 19.1 Å². The van der Waals surface area contributed by atoms with Gasteiger partial charge in [-0.3, -0.25) is 9.59 Å². The van der Waals surface area contributed by atoms with Gasteiger partial charge in [0.2, 0.25) is 0 Å². The Balaban J connectivity index is 3.39. The molecule has 0 aliphatic heterocycles. The minimum atomic E-state index is -0.239. The van der Waals surface area contributed by atoms with E-state index in [0.717, 1.165) is 25.7 Å². The number of ether oxygens (including phenoxy) is 2. The van der Waals surface area contributed by atoms with Crippen LogP contribution in [0.15, 0.2) is 12.2 Å². The van der Waals surface area contributed by atoms with E-state index < -0.39 is 0 Å². The predicted octanol–water partition coefficient (Wildman–Crippen LogP) is 4.57. The van der Waals surface area contributed by atoms with Crippen LogP contribution in [0.3, 0.4) is 0 Å². The molecule has 22 heavy (non-hydrogen) atoms. The van der Waals surface area contributed by atoms with E-state index in [4.69, 9.17) is 9.47 Å². The summed E-state index contributed by atoms with van der Waals surface area (Å²) in [5, 5.41) is 0. The van der Waals surface area contributed by atoms with Crippen LogP contribution in [0.4, 0.5) is 0 Å². The van der Waals surface area contributed by atoms with Crippen molar-refractivity contribution in [1.82, 2.24) is 0 Å². The lowest BCUT2D eigenvalue weighted by molar-refractivity contribution is -0.145. The highest BCUT2D eigenvalue weighted by Crippen LogP contribution is 2.04. The SMILES string of the molecule is CC/C=C\CCOC(=O)CCCC(=O)OCCCCCCC. The molecule has 0 N–H and O–H groups in total. The summed E-state index contributed by atoms with van der Waals surface area (Å²) in [5.74, 6) is -0.452. The standard InChI is InChI=1S/C18H32O4/c1-3-5-7-9-11-16-22-18(20)14-12-13-17(19)21-15-10-8-6-4-2/h6,8H,3-5,7,9-16H2,1-2H3/b8-6-. The molecule has 0 aromatic heterocycles. The van der Waals surface area contributed by atoms with Crippen LogP contribution in [0.5, 0.6) is 0 Å². The Morgan fingerprint density at radius 2 is 1.41 bits per heavy atom. The van der Waals surface area contributed by atoms with Gasteiger partial charge in [-0.2, -0.15) is 0 Å². The summed E-state index contributed by atoms with van der Waals surface area (Å²) in [6.45, 7) is 5.15. The van der Waals surface area contributed by atoms with E-state index in [-0.39, 0.29) is 18.4 Å². The number of unbranched alkanes of at least 4 members (excludes halogenated alkanes) is 4. The second-order valence-corrected chi connectivity index (χ2v) is 5.38. The average Bonchev–Trinajstić information content (AvgIpc) is 2.50. The highest BCUT2D eigenvalue weighted by molar-refractivity contribution is 5.72. The smallest absolute Gasteiger partial charge is 0.305 e. The van der Waals surface area contributed by atoms with E-state index in [9.17, 15) is 9.59 Å². The molecule has 0 aromatic carbocycles. The molecule has 0 bridgehead atoms. The summed E-state index contributed by atoms with van der Waals surface area (Å²) < 4.78 is 10.2. The summed E-state index contributed by atoms with van der Waals surface area (Å²) >= 11 is 0. The van der Waals surface area contributed by atoms with Gasteiger partial charge in [-0.15, -0.1) is 0 Å². The van der Waals surface area contributed by atoms with Gasteiger partial charge in [0.1, 0.15) is 0 Å². The van der Waals surface area contributed by atoms with Crippen LogP contribution in [-0.2, 0) is 19.1 Å². The first-order chi connectivity index (χ1) is 10.7. The molecule has 4 heteroatoms. The fraction of sp³-hybridized carbons (Fsp3) is 0.778. The highest BCUT2D eigenvalue weighted by Gasteiger charge is 2.06. The second kappa shape index (κ2) is 16.1. The first-order valence-corrected chi connectivity index (χ1v) is 8.66. The van der Waals surface area contributed by atoms with Crippen LogP contribution >= 0.6 is 0 Å². The molecule has 0 spiro atoms. The van der Waals surface area contributed by atoms with Gasteiger partial charge in [0, 0.05) is 12.8 Å². The van der Waals surface area contributed by atoms with Crippen LogP contribution in [-0.4, -0.2) is 25.2 Å². The number of rotatable bonds is 14. The normalized spacial score (nSPS) is 10.8. The van der Waals surface area contributed by atoms with Crippen molar-refractivity contribution in [2.24, 2.45) is 0 Å². The van der Waals surface area contributed by atoms with Gasteiger partial charge in [0.05, 0.1) is 13.2 Å². The van der Waals surface area contributed by atoms with E-state index in [1.54, 1.807) is 0 Å². The predicted molar refractivity (Wildman–Crippen MR) is 88.6 cm³/mol. The van der Waals surface area contributed by atoms with Crippen LogP contribution in [0.1, 0.15) is 78.1 Å². The van der Waals surface area contributed by atoms with Crippen LogP contribution < -0.4 is 0 Å². The minimum absolute atomic E-state index is 0.214. The largest absolute Gasteiger partial charge is 0.466 e. The second-order valence-electron chi connectivity index (χ2n) is 5.38.